The first kappa shape index (κ1) is 25.8. The maximum absolute atomic E-state index is 2.45. The fourth-order valence-electron chi connectivity index (χ4n) is 7.80. The van der Waals surface area contributed by atoms with Gasteiger partial charge in [0.25, 0.3) is 0 Å². The first-order valence-electron chi connectivity index (χ1n) is 15.3. The van der Waals surface area contributed by atoms with Crippen molar-refractivity contribution in [1.29, 1.82) is 0 Å². The molecule has 8 rings (SSSR count). The Bertz CT molecular complexity index is 2030. The summed E-state index contributed by atoms with van der Waals surface area (Å²) in [4.78, 5) is 2.45. The molecule has 6 aromatic rings. The monoisotopic (exact) mass is 553 g/mol. The van der Waals surface area contributed by atoms with Crippen LogP contribution in [0.5, 0.6) is 0 Å². The third kappa shape index (κ3) is 3.71. The second kappa shape index (κ2) is 9.31. The normalized spacial score (nSPS) is 14.9. The molecule has 6 aromatic carbocycles. The van der Waals surface area contributed by atoms with Crippen molar-refractivity contribution in [1.82, 2.24) is 0 Å². The number of hydrogen-bond donors (Lipinski definition) is 0. The van der Waals surface area contributed by atoms with Gasteiger partial charge < -0.3 is 4.90 Å². The summed E-state index contributed by atoms with van der Waals surface area (Å²) in [6, 6.07) is 51.4. The Balaban J connectivity index is 1.35. The van der Waals surface area contributed by atoms with Gasteiger partial charge in [0.05, 0.1) is 5.69 Å². The molecule has 43 heavy (non-hydrogen) atoms. The first-order valence-corrected chi connectivity index (χ1v) is 15.3. The molecule has 0 aromatic heterocycles. The van der Waals surface area contributed by atoms with E-state index in [0.29, 0.717) is 0 Å². The van der Waals surface area contributed by atoms with Gasteiger partial charge in [-0.3, -0.25) is 0 Å². The lowest BCUT2D eigenvalue weighted by atomic mass is 9.78. The van der Waals surface area contributed by atoms with E-state index in [2.05, 4.69) is 172 Å². The van der Waals surface area contributed by atoms with Gasteiger partial charge in [-0.05, 0) is 80.4 Å². The molecule has 0 heterocycles. The van der Waals surface area contributed by atoms with Crippen molar-refractivity contribution >= 4 is 17.1 Å². The molecule has 2 aliphatic carbocycles. The van der Waals surface area contributed by atoms with Crippen LogP contribution in [0.25, 0.3) is 33.4 Å². The van der Waals surface area contributed by atoms with Crippen LogP contribution in [0.4, 0.5) is 17.1 Å². The minimum atomic E-state index is -0.101. The molecule has 1 nitrogen and oxygen atoms in total. The average Bonchev–Trinajstić information content (AvgIpc) is 3.42. The minimum Gasteiger partial charge on any atom is -0.310 e. The summed E-state index contributed by atoms with van der Waals surface area (Å²) in [6.07, 6.45) is 0. The number of fused-ring (bicyclic) bond motifs is 6. The van der Waals surface area contributed by atoms with E-state index in [9.17, 15) is 0 Å². The average molecular weight is 554 g/mol. The Morgan fingerprint density at radius 1 is 0.372 bits per heavy atom. The fourth-order valence-corrected chi connectivity index (χ4v) is 7.80. The molecule has 0 aliphatic heterocycles. The maximum Gasteiger partial charge on any atom is 0.0540 e. The van der Waals surface area contributed by atoms with Crippen LogP contribution in [0.1, 0.15) is 49.9 Å². The molecule has 0 unspecified atom stereocenters. The zero-order valence-corrected chi connectivity index (χ0v) is 25.2. The van der Waals surface area contributed by atoms with Crippen LogP contribution in [-0.4, -0.2) is 0 Å². The van der Waals surface area contributed by atoms with Crippen LogP contribution in [0.2, 0.25) is 0 Å². The number of nitrogens with zero attached hydrogens (tertiary/aromatic N) is 1. The Labute approximate surface area is 255 Å². The van der Waals surface area contributed by atoms with Crippen molar-refractivity contribution in [3.8, 4) is 33.4 Å². The third-order valence-corrected chi connectivity index (χ3v) is 9.85. The van der Waals surface area contributed by atoms with Crippen molar-refractivity contribution < 1.29 is 0 Å². The zero-order valence-electron chi connectivity index (χ0n) is 25.2. The first-order chi connectivity index (χ1) is 20.9. The highest BCUT2D eigenvalue weighted by Gasteiger charge is 2.38. The molecular weight excluding hydrogens is 518 g/mol. The third-order valence-electron chi connectivity index (χ3n) is 9.85. The molecule has 0 saturated carbocycles. The Morgan fingerprint density at radius 2 is 0.884 bits per heavy atom. The molecule has 1 heteroatoms. The molecule has 0 atom stereocenters. The van der Waals surface area contributed by atoms with Gasteiger partial charge in [0.1, 0.15) is 0 Å². The van der Waals surface area contributed by atoms with Gasteiger partial charge in [-0.15, -0.1) is 0 Å². The molecule has 0 radical (unpaired) electrons. The predicted octanol–water partition coefficient (Wildman–Crippen LogP) is 11.4. The van der Waals surface area contributed by atoms with E-state index >= 15 is 0 Å². The second-order valence-electron chi connectivity index (χ2n) is 13.0. The van der Waals surface area contributed by atoms with Crippen LogP contribution >= 0.6 is 0 Å². The number of benzene rings is 6. The van der Waals surface area contributed by atoms with Crippen molar-refractivity contribution in [2.45, 2.75) is 38.5 Å². The van der Waals surface area contributed by atoms with Crippen molar-refractivity contribution in [3.63, 3.8) is 0 Å². The highest BCUT2D eigenvalue weighted by molar-refractivity contribution is 5.95. The SMILES string of the molecule is CC1(C)c2ccccc2-c2ccc(N(c3ccccc3)c3ccccc3-c3cccc4c3C(C)(C)c3ccccc3-4)cc21. The van der Waals surface area contributed by atoms with Crippen LogP contribution in [0, 0.1) is 0 Å². The van der Waals surface area contributed by atoms with Crippen LogP contribution in [0.15, 0.2) is 140 Å². The molecule has 0 saturated heterocycles. The van der Waals surface area contributed by atoms with Gasteiger partial charge in [-0.1, -0.05) is 137 Å². The maximum atomic E-state index is 2.45. The van der Waals surface area contributed by atoms with Crippen LogP contribution in [0.3, 0.4) is 0 Å². The molecule has 0 N–H and O–H groups in total. The van der Waals surface area contributed by atoms with E-state index in [1.54, 1.807) is 0 Å². The molecule has 0 bridgehead atoms. The second-order valence-corrected chi connectivity index (χ2v) is 13.0. The van der Waals surface area contributed by atoms with Gasteiger partial charge in [0.15, 0.2) is 0 Å². The largest absolute Gasteiger partial charge is 0.310 e. The summed E-state index contributed by atoms with van der Waals surface area (Å²) in [6.45, 7) is 9.46. The Morgan fingerprint density at radius 3 is 1.60 bits per heavy atom. The van der Waals surface area contributed by atoms with Crippen LogP contribution < -0.4 is 4.90 Å². The van der Waals surface area contributed by atoms with E-state index in [1.807, 2.05) is 0 Å². The van der Waals surface area contributed by atoms with Crippen LogP contribution in [-0.2, 0) is 10.8 Å². The highest BCUT2D eigenvalue weighted by atomic mass is 15.1. The standard InChI is InChI=1S/C42H35N/c1-41(2)36-22-11-8-17-30(36)32-26-25-29(27-38(32)41)43(28-15-6-5-7-16-28)39-24-13-10-19-33(39)35-21-14-20-34-31-18-9-12-23-37(31)42(3,4)40(34)35/h5-27H,1-4H3. The highest BCUT2D eigenvalue weighted by Crippen LogP contribution is 2.55. The summed E-state index contributed by atoms with van der Waals surface area (Å²) in [5, 5.41) is 0. The Kier molecular flexibility index (Phi) is 5.59. The number of hydrogen-bond acceptors (Lipinski definition) is 1. The smallest absolute Gasteiger partial charge is 0.0540 e. The van der Waals surface area contributed by atoms with Gasteiger partial charge in [0, 0.05) is 27.8 Å². The molecule has 0 amide bonds. The fraction of sp³-hybridized carbons (Fsp3) is 0.143. The van der Waals surface area contributed by atoms with Crippen molar-refractivity contribution in [2.24, 2.45) is 0 Å². The number of anilines is 3. The van der Waals surface area contributed by atoms with Crippen molar-refractivity contribution in [2.75, 3.05) is 4.90 Å². The zero-order chi connectivity index (χ0) is 29.3. The van der Waals surface area contributed by atoms with E-state index in [-0.39, 0.29) is 10.8 Å². The van der Waals surface area contributed by atoms with Gasteiger partial charge in [-0.25, -0.2) is 0 Å². The van der Waals surface area contributed by atoms with Gasteiger partial charge in [-0.2, -0.15) is 0 Å². The summed E-state index contributed by atoms with van der Waals surface area (Å²) < 4.78 is 0. The summed E-state index contributed by atoms with van der Waals surface area (Å²) >= 11 is 0. The lowest BCUT2D eigenvalue weighted by Crippen LogP contribution is -2.18. The predicted molar refractivity (Wildman–Crippen MR) is 182 cm³/mol. The lowest BCUT2D eigenvalue weighted by Gasteiger charge is -2.31. The summed E-state index contributed by atoms with van der Waals surface area (Å²) in [5.41, 5.74) is 16.8. The number of rotatable bonds is 4. The molecule has 2 aliphatic rings. The van der Waals surface area contributed by atoms with E-state index in [0.717, 1.165) is 5.69 Å². The quantitative estimate of drug-likeness (QED) is 0.210. The topological polar surface area (TPSA) is 3.24 Å². The van der Waals surface area contributed by atoms with Gasteiger partial charge in [0.2, 0.25) is 0 Å². The van der Waals surface area contributed by atoms with E-state index in [1.165, 1.54) is 67.0 Å². The Hall–Kier alpha value is -4.88. The molecule has 0 fully saturated rings. The lowest BCUT2D eigenvalue weighted by molar-refractivity contribution is 0.660. The van der Waals surface area contributed by atoms with Crippen molar-refractivity contribution in [3.05, 3.63) is 162 Å². The summed E-state index contributed by atoms with van der Waals surface area (Å²) in [5.74, 6) is 0. The summed E-state index contributed by atoms with van der Waals surface area (Å²) in [7, 11) is 0. The van der Waals surface area contributed by atoms with E-state index < -0.39 is 0 Å². The number of para-hydroxylation sites is 2. The minimum absolute atomic E-state index is 0.0696. The van der Waals surface area contributed by atoms with E-state index in [4.69, 9.17) is 0 Å². The molecule has 0 spiro atoms. The molecular formula is C42H35N. The molecule has 208 valence electrons. The van der Waals surface area contributed by atoms with Gasteiger partial charge >= 0.3 is 0 Å².